The number of hydrogen-bond acceptors (Lipinski definition) is 5. The number of likely N-dealkylation sites (N-methyl/N-ethyl adjacent to an activating group) is 1. The normalized spacial score (nSPS) is 17.0. The van der Waals surface area contributed by atoms with Gasteiger partial charge in [-0.15, -0.1) is 0 Å². The Kier molecular flexibility index (Phi) is 4.78. The molecule has 0 bridgehead atoms. The summed E-state index contributed by atoms with van der Waals surface area (Å²) in [5, 5.41) is 4.02. The van der Waals surface area contributed by atoms with Crippen molar-refractivity contribution >= 4 is 39.3 Å². The number of carbonyl (C=O) groups excluding carboxylic acids is 1. The van der Waals surface area contributed by atoms with Crippen LogP contribution < -0.4 is 10.2 Å². The molecule has 1 atom stereocenters. The largest absolute Gasteiger partial charge is 0.369 e. The van der Waals surface area contributed by atoms with Crippen LogP contribution in [0.1, 0.15) is 30.6 Å². The van der Waals surface area contributed by atoms with E-state index in [0.29, 0.717) is 17.3 Å². The molecule has 7 nitrogen and oxygen atoms in total. The van der Waals surface area contributed by atoms with E-state index in [2.05, 4.69) is 35.3 Å². The van der Waals surface area contributed by atoms with E-state index in [1.807, 2.05) is 54.8 Å². The quantitative estimate of drug-likeness (QED) is 0.553. The minimum absolute atomic E-state index is 0.0421. The van der Waals surface area contributed by atoms with Crippen LogP contribution >= 0.6 is 0 Å². The van der Waals surface area contributed by atoms with Gasteiger partial charge in [0, 0.05) is 42.4 Å². The van der Waals surface area contributed by atoms with Gasteiger partial charge in [-0.05, 0) is 58.6 Å². The lowest BCUT2D eigenvalue weighted by Crippen LogP contribution is -2.31. The molecule has 31 heavy (non-hydrogen) atoms. The number of benzene rings is 1. The molecule has 4 aromatic rings. The van der Waals surface area contributed by atoms with Crippen LogP contribution in [0.15, 0.2) is 42.6 Å². The van der Waals surface area contributed by atoms with Crippen molar-refractivity contribution in [3.8, 4) is 0 Å². The van der Waals surface area contributed by atoms with Crippen molar-refractivity contribution in [2.75, 3.05) is 32.1 Å². The Morgan fingerprint density at radius 1 is 1.19 bits per heavy atom. The molecule has 0 spiro atoms. The predicted octanol–water partition coefficient (Wildman–Crippen LogP) is 3.31. The maximum atomic E-state index is 13.2. The number of carbonyl (C=O) groups is 1. The zero-order valence-corrected chi connectivity index (χ0v) is 18.5. The third-order valence-electron chi connectivity index (χ3n) is 6.15. The van der Waals surface area contributed by atoms with Crippen LogP contribution in [0.25, 0.3) is 27.7 Å². The summed E-state index contributed by atoms with van der Waals surface area (Å²) in [6.07, 6.45) is 2.98. The van der Waals surface area contributed by atoms with Crippen molar-refractivity contribution in [2.45, 2.75) is 32.4 Å². The van der Waals surface area contributed by atoms with Gasteiger partial charge >= 0.3 is 0 Å². The van der Waals surface area contributed by atoms with E-state index in [1.165, 1.54) is 0 Å². The fourth-order valence-electron chi connectivity index (χ4n) is 4.56. The Morgan fingerprint density at radius 2 is 2.00 bits per heavy atom. The smallest absolute Gasteiger partial charge is 0.255 e. The fourth-order valence-corrected chi connectivity index (χ4v) is 4.56. The highest BCUT2D eigenvalue weighted by Gasteiger charge is 2.27. The molecule has 3 aromatic heterocycles. The highest BCUT2D eigenvalue weighted by molar-refractivity contribution is 6.07. The molecule has 0 radical (unpaired) electrons. The summed E-state index contributed by atoms with van der Waals surface area (Å²) in [5.74, 6) is -0.111. The number of pyridine rings is 2. The summed E-state index contributed by atoms with van der Waals surface area (Å²) in [4.78, 5) is 27.4. The molecular weight excluding hydrogens is 388 g/mol. The van der Waals surface area contributed by atoms with E-state index in [0.717, 1.165) is 47.3 Å². The van der Waals surface area contributed by atoms with Crippen molar-refractivity contribution in [3.05, 3.63) is 48.2 Å². The van der Waals surface area contributed by atoms with Crippen LogP contribution in [0.4, 0.5) is 5.69 Å². The summed E-state index contributed by atoms with van der Waals surface area (Å²) in [5.41, 5.74) is 4.98. The summed E-state index contributed by atoms with van der Waals surface area (Å²) < 4.78 is 2.03. The predicted molar refractivity (Wildman–Crippen MR) is 125 cm³/mol. The van der Waals surface area contributed by atoms with Crippen molar-refractivity contribution in [1.82, 2.24) is 24.6 Å². The molecule has 1 fully saturated rings. The first-order valence-corrected chi connectivity index (χ1v) is 10.8. The van der Waals surface area contributed by atoms with Gasteiger partial charge < -0.3 is 15.1 Å². The summed E-state index contributed by atoms with van der Waals surface area (Å²) in [6, 6.07) is 12.6. The van der Waals surface area contributed by atoms with Crippen LogP contribution in [0.2, 0.25) is 0 Å². The van der Waals surface area contributed by atoms with Gasteiger partial charge in [-0.2, -0.15) is 0 Å². The molecule has 0 aliphatic carbocycles. The Hall–Kier alpha value is -3.19. The minimum Gasteiger partial charge on any atom is -0.369 e. The molecule has 1 saturated heterocycles. The number of para-hydroxylation sites is 2. The Bertz CT molecular complexity index is 1290. The lowest BCUT2D eigenvalue weighted by Gasteiger charge is -2.23. The molecule has 5 rings (SSSR count). The van der Waals surface area contributed by atoms with Crippen LogP contribution in [-0.4, -0.2) is 64.4 Å². The second-order valence-corrected chi connectivity index (χ2v) is 8.87. The average molecular weight is 417 g/mol. The number of amides is 1. The maximum Gasteiger partial charge on any atom is 0.255 e. The van der Waals surface area contributed by atoms with Gasteiger partial charge in [0.1, 0.15) is 5.65 Å². The van der Waals surface area contributed by atoms with Crippen LogP contribution in [0.3, 0.4) is 0 Å². The number of nitrogens with one attached hydrogen (secondary N) is 1. The molecule has 1 N–H and O–H groups in total. The third-order valence-corrected chi connectivity index (χ3v) is 6.15. The number of rotatable bonds is 4. The second-order valence-electron chi connectivity index (χ2n) is 8.87. The molecule has 0 unspecified atom stereocenters. The molecule has 160 valence electrons. The average Bonchev–Trinajstić information content (AvgIpc) is 3.37. The van der Waals surface area contributed by atoms with Crippen molar-refractivity contribution in [1.29, 1.82) is 0 Å². The number of imidazole rings is 1. The zero-order chi connectivity index (χ0) is 21.7. The standard InChI is InChI=1S/C24H28N6O/c1-15(2)26-24(31)18-13-17-20(29-12-10-16(14-29)28(3)4)9-11-25-22(17)30-21-8-6-5-7-19(21)27-23(18)30/h5-9,11,13,15-16H,10,12,14H2,1-4H3,(H,26,31)/t16-/m0/s1. The number of nitrogens with zero attached hydrogens (tertiary/aromatic N) is 5. The number of fused-ring (bicyclic) bond motifs is 5. The highest BCUT2D eigenvalue weighted by atomic mass is 16.1. The van der Waals surface area contributed by atoms with E-state index in [4.69, 9.17) is 9.97 Å². The Labute approximate surface area is 181 Å². The maximum absolute atomic E-state index is 13.2. The van der Waals surface area contributed by atoms with Gasteiger partial charge in [0.25, 0.3) is 5.91 Å². The van der Waals surface area contributed by atoms with Crippen molar-refractivity contribution in [2.24, 2.45) is 0 Å². The lowest BCUT2D eigenvalue weighted by atomic mass is 10.1. The van der Waals surface area contributed by atoms with E-state index in [-0.39, 0.29) is 11.9 Å². The molecular formula is C24H28N6O. The van der Waals surface area contributed by atoms with E-state index in [9.17, 15) is 4.79 Å². The van der Waals surface area contributed by atoms with E-state index >= 15 is 0 Å². The molecule has 0 saturated carbocycles. The summed E-state index contributed by atoms with van der Waals surface area (Å²) in [6.45, 7) is 5.88. The molecule has 1 aromatic carbocycles. The van der Waals surface area contributed by atoms with Crippen LogP contribution in [-0.2, 0) is 0 Å². The first-order valence-electron chi connectivity index (χ1n) is 10.8. The molecule has 1 aliphatic heterocycles. The van der Waals surface area contributed by atoms with E-state index in [1.54, 1.807) is 0 Å². The molecule has 7 heteroatoms. The van der Waals surface area contributed by atoms with Crippen LogP contribution in [0.5, 0.6) is 0 Å². The summed E-state index contributed by atoms with van der Waals surface area (Å²) in [7, 11) is 4.27. The first-order chi connectivity index (χ1) is 14.9. The monoisotopic (exact) mass is 416 g/mol. The SMILES string of the molecule is CC(C)NC(=O)c1cc2c(N3CC[C@H](N(C)C)C3)ccnc2n2c1nc1ccccc12. The number of anilines is 1. The topological polar surface area (TPSA) is 65.8 Å². The lowest BCUT2D eigenvalue weighted by molar-refractivity contribution is 0.0944. The van der Waals surface area contributed by atoms with Crippen molar-refractivity contribution < 1.29 is 4.79 Å². The van der Waals surface area contributed by atoms with Gasteiger partial charge in [0.05, 0.1) is 16.6 Å². The van der Waals surface area contributed by atoms with Crippen LogP contribution in [0, 0.1) is 0 Å². The second kappa shape index (κ2) is 7.50. The summed E-state index contributed by atoms with van der Waals surface area (Å²) >= 11 is 0. The Balaban J connectivity index is 1.78. The van der Waals surface area contributed by atoms with E-state index < -0.39 is 0 Å². The number of hydrogen-bond donors (Lipinski definition) is 1. The van der Waals surface area contributed by atoms with Gasteiger partial charge in [-0.1, -0.05) is 12.1 Å². The van der Waals surface area contributed by atoms with Gasteiger partial charge in [0.2, 0.25) is 0 Å². The fraction of sp³-hybridized carbons (Fsp3) is 0.375. The van der Waals surface area contributed by atoms with Gasteiger partial charge in [-0.3, -0.25) is 9.20 Å². The molecule has 1 amide bonds. The molecule has 4 heterocycles. The highest BCUT2D eigenvalue weighted by Crippen LogP contribution is 2.33. The van der Waals surface area contributed by atoms with Crippen molar-refractivity contribution in [3.63, 3.8) is 0 Å². The number of aromatic nitrogens is 3. The van der Waals surface area contributed by atoms with Gasteiger partial charge in [-0.25, -0.2) is 9.97 Å². The molecule has 1 aliphatic rings. The minimum atomic E-state index is -0.111. The third kappa shape index (κ3) is 3.29. The Morgan fingerprint density at radius 3 is 2.74 bits per heavy atom. The van der Waals surface area contributed by atoms with Gasteiger partial charge in [0.15, 0.2) is 5.65 Å². The zero-order valence-electron chi connectivity index (χ0n) is 18.5. The first kappa shape index (κ1) is 19.8.